The lowest BCUT2D eigenvalue weighted by Crippen LogP contribution is -2.20. The Labute approximate surface area is 191 Å². The summed E-state index contributed by atoms with van der Waals surface area (Å²) in [5.41, 5.74) is 1.85. The van der Waals surface area contributed by atoms with Crippen molar-refractivity contribution in [3.63, 3.8) is 0 Å². The number of alkyl halides is 3. The van der Waals surface area contributed by atoms with Gasteiger partial charge >= 0.3 is 12.2 Å². The second-order valence-corrected chi connectivity index (χ2v) is 7.37. The molecule has 4 aromatic rings. The van der Waals surface area contributed by atoms with Crippen molar-refractivity contribution in [3.8, 4) is 11.1 Å². The summed E-state index contributed by atoms with van der Waals surface area (Å²) < 4.78 is 40.1. The number of amides is 3. The molecule has 8 nitrogen and oxygen atoms in total. The molecular weight excluding hydrogens is 449 g/mol. The van der Waals surface area contributed by atoms with Gasteiger partial charge in [-0.15, -0.1) is 0 Å². The Morgan fingerprint density at radius 2 is 1.68 bits per heavy atom. The van der Waals surface area contributed by atoms with Crippen molar-refractivity contribution >= 4 is 34.3 Å². The largest absolute Gasteiger partial charge is 0.416 e. The summed E-state index contributed by atoms with van der Waals surface area (Å²) in [5.74, 6) is -0.339. The maximum atomic E-state index is 12.9. The summed E-state index contributed by atoms with van der Waals surface area (Å²) in [6, 6.07) is 12.1. The summed E-state index contributed by atoms with van der Waals surface area (Å²) in [6.45, 7) is 0. The Kier molecular flexibility index (Phi) is 5.93. The fourth-order valence-corrected chi connectivity index (χ4v) is 3.40. The molecule has 0 radical (unpaired) electrons. The van der Waals surface area contributed by atoms with Crippen LogP contribution in [0.5, 0.6) is 0 Å². The number of anilines is 2. The smallest absolute Gasteiger partial charge is 0.354 e. The van der Waals surface area contributed by atoms with Gasteiger partial charge in [0.15, 0.2) is 5.65 Å². The molecule has 0 saturated carbocycles. The number of benzene rings is 2. The van der Waals surface area contributed by atoms with Crippen LogP contribution in [0.3, 0.4) is 0 Å². The number of aryl methyl sites for hydroxylation is 1. The van der Waals surface area contributed by atoms with Crippen molar-refractivity contribution in [1.29, 1.82) is 0 Å². The van der Waals surface area contributed by atoms with E-state index in [1.807, 2.05) is 0 Å². The number of carbonyl (C=O) groups excluding carboxylic acids is 2. The van der Waals surface area contributed by atoms with Crippen LogP contribution in [0.1, 0.15) is 16.1 Å². The van der Waals surface area contributed by atoms with Crippen molar-refractivity contribution in [3.05, 3.63) is 72.1 Å². The molecule has 0 aliphatic rings. The first-order valence-corrected chi connectivity index (χ1v) is 10.1. The van der Waals surface area contributed by atoms with E-state index in [0.29, 0.717) is 11.3 Å². The molecular formula is C23H19F3N6O2. The predicted molar refractivity (Wildman–Crippen MR) is 121 cm³/mol. The summed E-state index contributed by atoms with van der Waals surface area (Å²) >= 11 is 0. The van der Waals surface area contributed by atoms with Gasteiger partial charge in [0.2, 0.25) is 0 Å². The molecule has 0 aliphatic heterocycles. The SMILES string of the molecule is CNC(=O)c1cc(-c2ccc(NC(=O)Nc3cccc(C(F)(F)F)c3)cc2)c2cnn(C)c2n1. The molecule has 174 valence electrons. The Hall–Kier alpha value is -4.41. The van der Waals surface area contributed by atoms with Crippen molar-refractivity contribution in [1.82, 2.24) is 20.1 Å². The molecule has 3 N–H and O–H groups in total. The number of nitrogens with one attached hydrogen (secondary N) is 3. The molecule has 2 aromatic carbocycles. The summed E-state index contributed by atoms with van der Waals surface area (Å²) in [4.78, 5) is 28.8. The molecule has 2 aromatic heterocycles. The maximum absolute atomic E-state index is 12.9. The van der Waals surface area contributed by atoms with Gasteiger partial charge in [-0.3, -0.25) is 9.48 Å². The van der Waals surface area contributed by atoms with E-state index in [1.54, 1.807) is 48.3 Å². The molecule has 0 aliphatic carbocycles. The summed E-state index contributed by atoms with van der Waals surface area (Å²) in [5, 5.41) is 12.5. The zero-order valence-corrected chi connectivity index (χ0v) is 18.1. The van der Waals surface area contributed by atoms with E-state index in [4.69, 9.17) is 0 Å². The van der Waals surface area contributed by atoms with Crippen molar-refractivity contribution in [2.75, 3.05) is 17.7 Å². The highest BCUT2D eigenvalue weighted by molar-refractivity contribution is 6.01. The van der Waals surface area contributed by atoms with Crippen LogP contribution >= 0.6 is 0 Å². The molecule has 34 heavy (non-hydrogen) atoms. The topological polar surface area (TPSA) is 101 Å². The zero-order valence-electron chi connectivity index (χ0n) is 18.1. The second kappa shape index (κ2) is 8.85. The molecule has 4 rings (SSSR count). The minimum Gasteiger partial charge on any atom is -0.354 e. The Balaban J connectivity index is 1.55. The number of halogens is 3. The van der Waals surface area contributed by atoms with Crippen LogP contribution in [0, 0.1) is 0 Å². The number of hydrogen-bond donors (Lipinski definition) is 3. The van der Waals surface area contributed by atoms with Crippen molar-refractivity contribution < 1.29 is 22.8 Å². The van der Waals surface area contributed by atoms with Crippen LogP contribution in [0.2, 0.25) is 0 Å². The van der Waals surface area contributed by atoms with Crippen LogP contribution in [0.25, 0.3) is 22.2 Å². The minimum atomic E-state index is -4.51. The minimum absolute atomic E-state index is 0.0152. The number of urea groups is 1. The van der Waals surface area contributed by atoms with Gasteiger partial charge in [-0.1, -0.05) is 18.2 Å². The average molecular weight is 468 g/mol. The molecule has 0 spiro atoms. The number of hydrogen-bond acceptors (Lipinski definition) is 4. The van der Waals surface area contributed by atoms with Crippen LogP contribution in [0.4, 0.5) is 29.3 Å². The molecule has 0 bridgehead atoms. The Morgan fingerprint density at radius 3 is 2.35 bits per heavy atom. The number of pyridine rings is 1. The Morgan fingerprint density at radius 1 is 0.971 bits per heavy atom. The number of carbonyl (C=O) groups is 2. The molecule has 0 fully saturated rings. The third kappa shape index (κ3) is 4.68. The predicted octanol–water partition coefficient (Wildman–Crippen LogP) is 4.66. The standard InChI is InChI=1S/C23H19F3N6O2/c1-27-21(33)19-11-17(18-12-28-32(2)20(18)31-19)13-6-8-15(9-7-13)29-22(34)30-16-5-3-4-14(10-16)23(24,25)26/h3-12H,1-2H3,(H,27,33)(H2,29,30,34). The first-order valence-electron chi connectivity index (χ1n) is 10.1. The first-order chi connectivity index (χ1) is 16.2. The van der Waals surface area contributed by atoms with E-state index in [2.05, 4.69) is 26.0 Å². The van der Waals surface area contributed by atoms with E-state index in [9.17, 15) is 22.8 Å². The molecule has 0 unspecified atom stereocenters. The fraction of sp³-hybridized carbons (Fsp3) is 0.130. The molecule has 0 saturated heterocycles. The maximum Gasteiger partial charge on any atom is 0.416 e. The zero-order chi connectivity index (χ0) is 24.5. The van der Waals surface area contributed by atoms with Crippen LogP contribution in [-0.2, 0) is 13.2 Å². The van der Waals surface area contributed by atoms with Gasteiger partial charge in [0.05, 0.1) is 11.8 Å². The quantitative estimate of drug-likeness (QED) is 0.406. The average Bonchev–Trinajstić information content (AvgIpc) is 3.18. The Bertz CT molecular complexity index is 1380. The molecule has 0 atom stereocenters. The normalized spacial score (nSPS) is 11.3. The van der Waals surface area contributed by atoms with E-state index in [1.165, 1.54) is 19.2 Å². The van der Waals surface area contributed by atoms with E-state index in [0.717, 1.165) is 28.6 Å². The highest BCUT2D eigenvalue weighted by Gasteiger charge is 2.30. The van der Waals surface area contributed by atoms with Crippen LogP contribution in [0.15, 0.2) is 60.8 Å². The monoisotopic (exact) mass is 468 g/mol. The van der Waals surface area contributed by atoms with E-state index in [-0.39, 0.29) is 17.3 Å². The first kappa shape index (κ1) is 22.8. The number of nitrogens with zero attached hydrogens (tertiary/aromatic N) is 3. The van der Waals surface area contributed by atoms with E-state index < -0.39 is 17.8 Å². The second-order valence-electron chi connectivity index (χ2n) is 7.37. The van der Waals surface area contributed by atoms with Crippen LogP contribution in [-0.4, -0.2) is 33.8 Å². The molecule has 11 heteroatoms. The molecule has 2 heterocycles. The highest BCUT2D eigenvalue weighted by Crippen LogP contribution is 2.31. The van der Waals surface area contributed by atoms with Crippen molar-refractivity contribution in [2.24, 2.45) is 7.05 Å². The third-order valence-electron chi connectivity index (χ3n) is 5.07. The van der Waals surface area contributed by atoms with Crippen LogP contribution < -0.4 is 16.0 Å². The lowest BCUT2D eigenvalue weighted by atomic mass is 10.0. The number of rotatable bonds is 4. The van der Waals surface area contributed by atoms with Gasteiger partial charge in [0.1, 0.15) is 5.69 Å². The lowest BCUT2D eigenvalue weighted by molar-refractivity contribution is -0.137. The van der Waals surface area contributed by atoms with Gasteiger partial charge in [-0.05, 0) is 47.5 Å². The number of fused-ring (bicyclic) bond motifs is 1. The highest BCUT2D eigenvalue weighted by atomic mass is 19.4. The summed E-state index contributed by atoms with van der Waals surface area (Å²) in [6.07, 6.45) is -2.85. The van der Waals surface area contributed by atoms with Gasteiger partial charge < -0.3 is 16.0 Å². The third-order valence-corrected chi connectivity index (χ3v) is 5.07. The fourth-order valence-electron chi connectivity index (χ4n) is 3.40. The van der Waals surface area contributed by atoms with Gasteiger partial charge in [-0.2, -0.15) is 18.3 Å². The molecule has 3 amide bonds. The number of aromatic nitrogens is 3. The van der Waals surface area contributed by atoms with Crippen molar-refractivity contribution in [2.45, 2.75) is 6.18 Å². The van der Waals surface area contributed by atoms with Gasteiger partial charge in [0.25, 0.3) is 5.91 Å². The van der Waals surface area contributed by atoms with E-state index >= 15 is 0 Å². The summed E-state index contributed by atoms with van der Waals surface area (Å²) in [7, 11) is 3.24. The lowest BCUT2D eigenvalue weighted by Gasteiger charge is -2.11. The van der Waals surface area contributed by atoms with Gasteiger partial charge in [-0.25, -0.2) is 9.78 Å². The van der Waals surface area contributed by atoms with Gasteiger partial charge in [0, 0.05) is 30.9 Å².